The lowest BCUT2D eigenvalue weighted by molar-refractivity contribution is -0.136. The molecule has 0 aliphatic rings. The van der Waals surface area contributed by atoms with Crippen LogP contribution in [0.3, 0.4) is 0 Å². The van der Waals surface area contributed by atoms with Crippen molar-refractivity contribution in [3.63, 3.8) is 0 Å². The van der Waals surface area contributed by atoms with Gasteiger partial charge in [-0.25, -0.2) is 0 Å². The molecule has 0 aliphatic heterocycles. The van der Waals surface area contributed by atoms with Crippen molar-refractivity contribution < 1.29 is 22.6 Å². The van der Waals surface area contributed by atoms with Gasteiger partial charge in [-0.1, -0.05) is 53.6 Å². The van der Waals surface area contributed by atoms with Crippen LogP contribution >= 0.6 is 8.58 Å². The predicted molar refractivity (Wildman–Crippen MR) is 101 cm³/mol. The van der Waals surface area contributed by atoms with Crippen molar-refractivity contribution in [2.75, 3.05) is 13.9 Å². The summed E-state index contributed by atoms with van der Waals surface area (Å²) in [5.74, 6) is 0.611. The molecule has 0 radical (unpaired) electrons. The largest absolute Gasteiger partial charge is 0.467 e. The Bertz CT molecular complexity index is 765. The topological polar surface area (TPSA) is 18.5 Å². The minimum Gasteiger partial charge on any atom is -0.467 e. The van der Waals surface area contributed by atoms with Gasteiger partial charge >= 0.3 is 6.18 Å². The van der Waals surface area contributed by atoms with E-state index in [1.165, 1.54) is 19.2 Å². The Labute approximate surface area is 154 Å². The highest BCUT2D eigenvalue weighted by molar-refractivity contribution is 7.55. The summed E-state index contributed by atoms with van der Waals surface area (Å²) in [6.07, 6.45) is -4.38. The Kier molecular flexibility index (Phi) is 6.36. The fourth-order valence-electron chi connectivity index (χ4n) is 2.68. The maximum atomic E-state index is 13.4. The highest BCUT2D eigenvalue weighted by Crippen LogP contribution is 2.36. The van der Waals surface area contributed by atoms with E-state index in [0.717, 1.165) is 22.5 Å². The summed E-state index contributed by atoms with van der Waals surface area (Å²) >= 11 is 0. The number of aryl methyl sites for hydroxylation is 1. The molecule has 2 nitrogen and oxygen atoms in total. The van der Waals surface area contributed by atoms with Gasteiger partial charge in [0.15, 0.2) is 6.79 Å². The molecule has 2 aromatic carbocycles. The van der Waals surface area contributed by atoms with E-state index in [9.17, 15) is 13.2 Å². The number of benzene rings is 2. The minimum absolute atomic E-state index is 0.0462. The van der Waals surface area contributed by atoms with Gasteiger partial charge in [0.2, 0.25) is 0 Å². The third-order valence-electron chi connectivity index (χ3n) is 3.86. The number of halogens is 3. The van der Waals surface area contributed by atoms with E-state index < -0.39 is 11.7 Å². The molecule has 1 unspecified atom stereocenters. The van der Waals surface area contributed by atoms with Crippen molar-refractivity contribution in [2.45, 2.75) is 39.3 Å². The van der Waals surface area contributed by atoms with Crippen LogP contribution in [0.2, 0.25) is 0 Å². The second-order valence-electron chi connectivity index (χ2n) is 7.16. The van der Waals surface area contributed by atoms with Gasteiger partial charge in [0, 0.05) is 18.0 Å². The monoisotopic (exact) mass is 384 g/mol. The van der Waals surface area contributed by atoms with E-state index in [2.05, 4.69) is 20.8 Å². The standard InChI is InChI=1S/C20H24F3O2P/c1-13-10-15(19(2,3)4)18(25-12-24-5)17(11-13)26-16-9-7-6-8-14(16)20(21,22)23/h6-11,26H,12H2,1-5H3. The smallest absolute Gasteiger partial charge is 0.417 e. The van der Waals surface area contributed by atoms with Crippen molar-refractivity contribution in [2.24, 2.45) is 0 Å². The van der Waals surface area contributed by atoms with E-state index in [1.807, 2.05) is 19.1 Å². The van der Waals surface area contributed by atoms with Crippen LogP contribution in [0.5, 0.6) is 5.75 Å². The molecular weight excluding hydrogens is 360 g/mol. The molecule has 2 aromatic rings. The molecule has 26 heavy (non-hydrogen) atoms. The maximum Gasteiger partial charge on any atom is 0.417 e. The first-order valence-electron chi connectivity index (χ1n) is 8.24. The van der Waals surface area contributed by atoms with Crippen LogP contribution in [-0.2, 0) is 16.3 Å². The molecular formula is C20H24F3O2P. The average Bonchev–Trinajstić information content (AvgIpc) is 2.52. The predicted octanol–water partition coefficient (Wildman–Crippen LogP) is 4.92. The Morgan fingerprint density at radius 2 is 1.62 bits per heavy atom. The second kappa shape index (κ2) is 7.98. The summed E-state index contributed by atoms with van der Waals surface area (Å²) in [6.45, 7) is 8.15. The average molecular weight is 384 g/mol. The third-order valence-corrected chi connectivity index (χ3v) is 5.21. The van der Waals surface area contributed by atoms with Crippen LogP contribution in [-0.4, -0.2) is 13.9 Å². The highest BCUT2D eigenvalue weighted by Gasteiger charge is 2.33. The molecule has 0 N–H and O–H groups in total. The van der Waals surface area contributed by atoms with Crippen molar-refractivity contribution in [3.05, 3.63) is 53.1 Å². The molecule has 0 saturated heterocycles. The fourth-order valence-corrected chi connectivity index (χ4v) is 4.13. The summed E-state index contributed by atoms with van der Waals surface area (Å²) in [5, 5.41) is 1.01. The number of rotatable bonds is 5. The van der Waals surface area contributed by atoms with Crippen molar-refractivity contribution in [3.8, 4) is 5.75 Å². The summed E-state index contributed by atoms with van der Waals surface area (Å²) < 4.78 is 50.9. The van der Waals surface area contributed by atoms with Gasteiger partial charge in [0.1, 0.15) is 5.75 Å². The minimum atomic E-state index is -4.38. The molecule has 142 valence electrons. The van der Waals surface area contributed by atoms with Crippen LogP contribution in [0.25, 0.3) is 0 Å². The van der Waals surface area contributed by atoms with Crippen LogP contribution < -0.4 is 15.3 Å². The quantitative estimate of drug-likeness (QED) is 0.538. The zero-order valence-corrected chi connectivity index (χ0v) is 16.6. The summed E-state index contributed by atoms with van der Waals surface area (Å²) in [5.41, 5.74) is 1.14. The molecule has 0 amide bonds. The lowest BCUT2D eigenvalue weighted by Gasteiger charge is -2.26. The van der Waals surface area contributed by atoms with Crippen molar-refractivity contribution in [1.82, 2.24) is 0 Å². The number of methoxy groups -OCH3 is 1. The summed E-state index contributed by atoms with van der Waals surface area (Å²) in [7, 11) is 1.35. The Hall–Kier alpha value is -1.58. The van der Waals surface area contributed by atoms with Gasteiger partial charge in [0.25, 0.3) is 0 Å². The molecule has 6 heteroatoms. The van der Waals surface area contributed by atoms with Crippen LogP contribution in [0.15, 0.2) is 36.4 Å². The van der Waals surface area contributed by atoms with Gasteiger partial charge in [-0.15, -0.1) is 0 Å². The van der Waals surface area contributed by atoms with E-state index in [4.69, 9.17) is 9.47 Å². The maximum absolute atomic E-state index is 13.4. The van der Waals surface area contributed by atoms with E-state index in [-0.39, 0.29) is 26.1 Å². The van der Waals surface area contributed by atoms with Gasteiger partial charge in [0.05, 0.1) is 5.56 Å². The molecule has 0 spiro atoms. The van der Waals surface area contributed by atoms with Crippen LogP contribution in [0.1, 0.15) is 37.5 Å². The van der Waals surface area contributed by atoms with E-state index in [0.29, 0.717) is 5.75 Å². The molecule has 0 aromatic heterocycles. The number of hydrogen-bond acceptors (Lipinski definition) is 2. The van der Waals surface area contributed by atoms with Crippen molar-refractivity contribution in [1.29, 1.82) is 0 Å². The van der Waals surface area contributed by atoms with Crippen LogP contribution in [0, 0.1) is 6.92 Å². The van der Waals surface area contributed by atoms with Crippen molar-refractivity contribution >= 4 is 19.2 Å². The SMILES string of the molecule is COCOc1c(Pc2ccccc2C(F)(F)F)cc(C)cc1C(C)(C)C. The lowest BCUT2D eigenvalue weighted by atomic mass is 9.85. The first kappa shape index (κ1) is 20.7. The Balaban J connectivity index is 2.58. The van der Waals surface area contributed by atoms with Crippen LogP contribution in [0.4, 0.5) is 13.2 Å². The Morgan fingerprint density at radius 3 is 2.19 bits per heavy atom. The van der Waals surface area contributed by atoms with Gasteiger partial charge in [-0.05, 0) is 35.3 Å². The molecule has 0 bridgehead atoms. The summed E-state index contributed by atoms with van der Waals surface area (Å²) in [6, 6.07) is 9.61. The first-order chi connectivity index (χ1) is 12.0. The second-order valence-corrected chi connectivity index (χ2v) is 8.49. The third kappa shape index (κ3) is 4.99. The molecule has 0 saturated carbocycles. The molecule has 0 heterocycles. The fraction of sp³-hybridized carbons (Fsp3) is 0.400. The zero-order valence-electron chi connectivity index (χ0n) is 15.6. The molecule has 2 rings (SSSR count). The highest BCUT2D eigenvalue weighted by atomic mass is 31.1. The molecule has 0 fully saturated rings. The lowest BCUT2D eigenvalue weighted by Crippen LogP contribution is -2.22. The Morgan fingerprint density at radius 1 is 0.962 bits per heavy atom. The normalized spacial score (nSPS) is 12.8. The van der Waals surface area contributed by atoms with E-state index >= 15 is 0 Å². The van der Waals surface area contributed by atoms with Gasteiger partial charge < -0.3 is 9.47 Å². The molecule has 1 atom stereocenters. The number of hydrogen-bond donors (Lipinski definition) is 0. The number of ether oxygens (including phenoxy) is 2. The first-order valence-corrected chi connectivity index (χ1v) is 9.24. The molecule has 0 aliphatic carbocycles. The van der Waals surface area contributed by atoms with Gasteiger partial charge in [-0.2, -0.15) is 13.2 Å². The summed E-state index contributed by atoms with van der Waals surface area (Å²) in [4.78, 5) is 0. The van der Waals surface area contributed by atoms with Gasteiger partial charge in [-0.3, -0.25) is 0 Å². The zero-order chi connectivity index (χ0) is 19.5. The number of alkyl halides is 3. The van der Waals surface area contributed by atoms with E-state index in [1.54, 1.807) is 6.07 Å².